The molecule has 4 heteroatoms. The average Bonchev–Trinajstić information content (AvgIpc) is 3.88. The number of furan rings is 1. The van der Waals surface area contributed by atoms with Crippen molar-refractivity contribution in [3.05, 3.63) is 187 Å². The van der Waals surface area contributed by atoms with Crippen molar-refractivity contribution in [1.82, 2.24) is 14.5 Å². The Morgan fingerprint density at radius 3 is 1.88 bits per heavy atom. The number of nitrogens with zero attached hydrogens (tertiary/aromatic N) is 3. The van der Waals surface area contributed by atoms with Gasteiger partial charge in [0.2, 0.25) is 0 Å². The Balaban J connectivity index is 0.980. The second kappa shape index (κ2) is 13.5. The lowest BCUT2D eigenvalue weighted by molar-refractivity contribution is 0.332. The Morgan fingerprint density at radius 1 is 0.453 bits per heavy atom. The number of rotatable bonds is 4. The van der Waals surface area contributed by atoms with E-state index in [2.05, 4.69) is 190 Å². The lowest BCUT2D eigenvalue weighted by Gasteiger charge is -2.42. The maximum Gasteiger partial charge on any atom is 0.180 e. The highest BCUT2D eigenvalue weighted by atomic mass is 16.3. The number of aromatic nitrogens is 3. The third kappa shape index (κ3) is 5.61. The Kier molecular flexibility index (Phi) is 7.80. The molecule has 0 N–H and O–H groups in total. The van der Waals surface area contributed by atoms with Crippen LogP contribution in [0.5, 0.6) is 0 Å². The van der Waals surface area contributed by atoms with Crippen LogP contribution < -0.4 is 0 Å². The zero-order valence-electron chi connectivity index (χ0n) is 36.4. The van der Waals surface area contributed by atoms with Crippen LogP contribution in [0.3, 0.4) is 0 Å². The molecule has 1 aliphatic carbocycles. The van der Waals surface area contributed by atoms with Crippen LogP contribution in [-0.4, -0.2) is 14.5 Å². The first kappa shape index (κ1) is 37.0. The molecule has 0 spiro atoms. The van der Waals surface area contributed by atoms with Crippen molar-refractivity contribution in [2.24, 2.45) is 0 Å². The molecule has 13 rings (SSSR count). The second-order valence-electron chi connectivity index (χ2n) is 19.3. The normalized spacial score (nSPS) is 14.7. The maximum absolute atomic E-state index is 6.55. The molecule has 0 unspecified atom stereocenters. The van der Waals surface area contributed by atoms with Crippen LogP contribution in [0.2, 0.25) is 0 Å². The minimum atomic E-state index is 0.0835. The molecule has 0 saturated heterocycles. The van der Waals surface area contributed by atoms with Crippen LogP contribution in [0.4, 0.5) is 0 Å². The molecule has 9 aromatic carbocycles. The summed E-state index contributed by atoms with van der Waals surface area (Å²) in [6.07, 6.45) is 2.35. The predicted octanol–water partition coefficient (Wildman–Crippen LogP) is 16.3. The monoisotopic (exact) mass is 823 g/mol. The topological polar surface area (TPSA) is 43.9 Å². The lowest BCUT2D eigenvalue weighted by atomic mass is 9.63. The summed E-state index contributed by atoms with van der Waals surface area (Å²) in [7, 11) is 0. The molecular weight excluding hydrogens is 779 g/mol. The molecule has 0 fully saturated rings. The van der Waals surface area contributed by atoms with Gasteiger partial charge in [0, 0.05) is 33.0 Å². The first-order valence-electron chi connectivity index (χ1n) is 22.5. The summed E-state index contributed by atoms with van der Waals surface area (Å²) in [6, 6.07) is 64.0. The van der Waals surface area contributed by atoms with Gasteiger partial charge in [-0.05, 0) is 133 Å². The van der Waals surface area contributed by atoms with Crippen molar-refractivity contribution in [3.63, 3.8) is 0 Å². The number of benzene rings is 9. The average molecular weight is 824 g/mol. The van der Waals surface area contributed by atoms with Crippen LogP contribution >= 0.6 is 0 Å². The molecule has 3 heterocycles. The van der Waals surface area contributed by atoms with Gasteiger partial charge in [-0.25, -0.2) is 9.97 Å². The van der Waals surface area contributed by atoms with Crippen molar-refractivity contribution in [2.75, 3.05) is 0 Å². The van der Waals surface area contributed by atoms with E-state index in [1.807, 2.05) is 18.2 Å². The third-order valence-corrected chi connectivity index (χ3v) is 14.4. The van der Waals surface area contributed by atoms with Gasteiger partial charge in [0.25, 0.3) is 0 Å². The largest absolute Gasteiger partial charge is 0.452 e. The maximum atomic E-state index is 6.55. The van der Waals surface area contributed by atoms with Gasteiger partial charge in [0.05, 0.1) is 11.0 Å². The van der Waals surface area contributed by atoms with Gasteiger partial charge < -0.3 is 8.98 Å². The summed E-state index contributed by atoms with van der Waals surface area (Å²) in [5.41, 5.74) is 14.1. The Bertz CT molecular complexity index is 3900. The van der Waals surface area contributed by atoms with Gasteiger partial charge >= 0.3 is 0 Å². The smallest absolute Gasteiger partial charge is 0.180 e. The first-order valence-corrected chi connectivity index (χ1v) is 22.5. The number of hydrogen-bond acceptors (Lipinski definition) is 3. The first-order chi connectivity index (χ1) is 31.2. The molecule has 1 aliphatic rings. The highest BCUT2D eigenvalue weighted by Crippen LogP contribution is 2.49. The summed E-state index contributed by atoms with van der Waals surface area (Å²) in [5.74, 6) is 0.666. The minimum Gasteiger partial charge on any atom is -0.452 e. The third-order valence-electron chi connectivity index (χ3n) is 14.4. The fraction of sp³-hybridized carbons (Fsp3) is 0.133. The van der Waals surface area contributed by atoms with Crippen molar-refractivity contribution >= 4 is 76.2 Å². The van der Waals surface area contributed by atoms with Gasteiger partial charge in [-0.3, -0.25) is 0 Å². The number of para-hydroxylation sites is 1. The van der Waals surface area contributed by atoms with Crippen molar-refractivity contribution in [2.45, 2.75) is 51.4 Å². The van der Waals surface area contributed by atoms with E-state index < -0.39 is 0 Å². The quantitative estimate of drug-likeness (QED) is 0.178. The minimum absolute atomic E-state index is 0.0835. The van der Waals surface area contributed by atoms with E-state index in [4.69, 9.17) is 14.4 Å². The lowest BCUT2D eigenvalue weighted by Crippen LogP contribution is -2.33. The SMILES string of the molecule is CC1(C)CCC(C)(C)c2cc3c(cc21)c1c2ccccc2ccc1n3-c1ccc2ccc(-c3nc(-c4ccc(-c5ccc6ccccc6c5)cc4)c4oc5ccccc5c4n3)cc2c1. The standard InChI is InChI=1S/C60H45N3O/c1-59(2)29-30-60(3,4)50-35-52-48(34-49(50)59)54-46-14-8-7-12-39(46)26-28-51(54)63(52)45-27-25-38-20-24-43(32-44(38)33-45)58-61-55(57-56(62-58)47-15-9-10-16-53(47)64-57)40-21-17-37(18-22-40)42-23-19-36-11-5-6-13-41(36)31-42/h5-28,31-35H,29-30H2,1-4H3. The van der Waals surface area contributed by atoms with Crippen molar-refractivity contribution < 1.29 is 4.42 Å². The molecule has 0 radical (unpaired) electrons. The van der Waals surface area contributed by atoms with E-state index in [0.29, 0.717) is 11.4 Å². The van der Waals surface area contributed by atoms with Gasteiger partial charge in [-0.1, -0.05) is 149 Å². The zero-order valence-corrected chi connectivity index (χ0v) is 36.4. The summed E-state index contributed by atoms with van der Waals surface area (Å²) >= 11 is 0. The summed E-state index contributed by atoms with van der Waals surface area (Å²) in [6.45, 7) is 9.69. The molecule has 12 aromatic rings. The van der Waals surface area contributed by atoms with Gasteiger partial charge in [0.15, 0.2) is 11.4 Å². The number of fused-ring (bicyclic) bond motifs is 11. The molecular formula is C60H45N3O. The Morgan fingerprint density at radius 2 is 1.06 bits per heavy atom. The van der Waals surface area contributed by atoms with Crippen LogP contribution in [0, 0.1) is 0 Å². The summed E-state index contributed by atoms with van der Waals surface area (Å²) in [4.78, 5) is 10.6. The Labute approximate surface area is 371 Å². The number of hydrogen-bond donors (Lipinski definition) is 0. The summed E-state index contributed by atoms with van der Waals surface area (Å²) < 4.78 is 9.05. The summed E-state index contributed by atoms with van der Waals surface area (Å²) in [5, 5.41) is 10.9. The molecule has 3 aromatic heterocycles. The zero-order chi connectivity index (χ0) is 42.9. The van der Waals surface area contributed by atoms with Crippen LogP contribution in [0.15, 0.2) is 180 Å². The molecule has 0 bridgehead atoms. The fourth-order valence-corrected chi connectivity index (χ4v) is 10.7. The Hall–Kier alpha value is -7.56. The molecule has 0 amide bonds. The van der Waals surface area contributed by atoms with Crippen LogP contribution in [0.1, 0.15) is 51.7 Å². The van der Waals surface area contributed by atoms with Crippen LogP contribution in [0.25, 0.3) is 116 Å². The molecule has 4 nitrogen and oxygen atoms in total. The van der Waals surface area contributed by atoms with Crippen molar-refractivity contribution in [1.29, 1.82) is 0 Å². The van der Waals surface area contributed by atoms with E-state index in [9.17, 15) is 0 Å². The molecule has 0 atom stereocenters. The van der Waals surface area contributed by atoms with Crippen LogP contribution in [-0.2, 0) is 10.8 Å². The second-order valence-corrected chi connectivity index (χ2v) is 19.3. The van der Waals surface area contributed by atoms with Gasteiger partial charge in [-0.15, -0.1) is 0 Å². The predicted molar refractivity (Wildman–Crippen MR) is 268 cm³/mol. The molecule has 0 aliphatic heterocycles. The van der Waals surface area contributed by atoms with E-state index in [0.717, 1.165) is 49.9 Å². The van der Waals surface area contributed by atoms with Gasteiger partial charge in [0.1, 0.15) is 16.8 Å². The molecule has 306 valence electrons. The highest BCUT2D eigenvalue weighted by Gasteiger charge is 2.38. The molecule has 0 saturated carbocycles. The van der Waals surface area contributed by atoms with Gasteiger partial charge in [-0.2, -0.15) is 0 Å². The highest BCUT2D eigenvalue weighted by molar-refractivity contribution is 6.21. The molecule has 64 heavy (non-hydrogen) atoms. The van der Waals surface area contributed by atoms with E-state index in [-0.39, 0.29) is 10.8 Å². The fourth-order valence-electron chi connectivity index (χ4n) is 10.7. The van der Waals surface area contributed by atoms with E-state index in [1.54, 1.807) is 0 Å². The van der Waals surface area contributed by atoms with E-state index in [1.165, 1.54) is 78.3 Å². The van der Waals surface area contributed by atoms with Crippen molar-refractivity contribution in [3.8, 4) is 39.5 Å². The van der Waals surface area contributed by atoms with E-state index >= 15 is 0 Å².